The number of carbonyl (C=O) groups excluding carboxylic acids is 1. The number of aldehydes is 1. The van der Waals surface area contributed by atoms with Crippen LogP contribution in [0.2, 0.25) is 0 Å². The van der Waals surface area contributed by atoms with Crippen LogP contribution in [-0.2, 0) is 0 Å². The number of carbonyl (C=O) groups is 1. The molecule has 0 saturated carbocycles. The quantitative estimate of drug-likeness (QED) is 0.673. The van der Waals surface area contributed by atoms with E-state index in [1.807, 2.05) is 12.1 Å². The van der Waals surface area contributed by atoms with E-state index < -0.39 is 0 Å². The van der Waals surface area contributed by atoms with Gasteiger partial charge >= 0.3 is 0 Å². The highest BCUT2D eigenvalue weighted by Gasteiger charge is 2.14. The molecule has 2 heteroatoms. The van der Waals surface area contributed by atoms with Crippen molar-refractivity contribution in [2.24, 2.45) is 0 Å². The van der Waals surface area contributed by atoms with Gasteiger partial charge in [0.25, 0.3) is 0 Å². The molecule has 0 heterocycles. The van der Waals surface area contributed by atoms with Crippen molar-refractivity contribution in [2.75, 3.05) is 11.4 Å². The summed E-state index contributed by atoms with van der Waals surface area (Å²) >= 11 is 0. The van der Waals surface area contributed by atoms with Crippen LogP contribution >= 0.6 is 0 Å². The minimum Gasteiger partial charge on any atom is -0.369 e. The van der Waals surface area contributed by atoms with Crippen molar-refractivity contribution in [3.05, 3.63) is 29.3 Å². The van der Waals surface area contributed by atoms with Crippen molar-refractivity contribution in [3.63, 3.8) is 0 Å². The molecule has 2 nitrogen and oxygen atoms in total. The number of rotatable bonds is 7. The highest BCUT2D eigenvalue weighted by molar-refractivity contribution is 5.77. The summed E-state index contributed by atoms with van der Waals surface area (Å²) in [6.45, 7) is 9.88. The predicted octanol–water partition coefficient (Wildman–Crippen LogP) is 4.21. The first-order chi connectivity index (χ1) is 8.63. The van der Waals surface area contributed by atoms with E-state index in [4.69, 9.17) is 0 Å². The maximum Gasteiger partial charge on any atom is 0.150 e. The largest absolute Gasteiger partial charge is 0.369 e. The van der Waals surface area contributed by atoms with Crippen molar-refractivity contribution in [1.82, 2.24) is 0 Å². The van der Waals surface area contributed by atoms with Crippen LogP contribution < -0.4 is 4.90 Å². The van der Waals surface area contributed by atoms with Crippen LogP contribution in [0.15, 0.2) is 18.2 Å². The topological polar surface area (TPSA) is 20.3 Å². The molecule has 0 bridgehead atoms. The molecule has 1 aromatic carbocycles. The summed E-state index contributed by atoms with van der Waals surface area (Å²) in [6, 6.07) is 6.51. The number of hydrogen-bond acceptors (Lipinski definition) is 2. The minimum atomic E-state index is 0.539. The average Bonchev–Trinajstić information content (AvgIpc) is 2.39. The Labute approximate surface area is 111 Å². The first kappa shape index (κ1) is 14.7. The Hall–Kier alpha value is -1.31. The molecular weight excluding hydrogens is 222 g/mol. The second-order valence-electron chi connectivity index (χ2n) is 4.97. The highest BCUT2D eigenvalue weighted by Crippen LogP contribution is 2.24. The van der Waals surface area contributed by atoms with Gasteiger partial charge < -0.3 is 4.90 Å². The van der Waals surface area contributed by atoms with Gasteiger partial charge in [0.15, 0.2) is 0 Å². The van der Waals surface area contributed by atoms with Gasteiger partial charge in [0.2, 0.25) is 0 Å². The molecule has 100 valence electrons. The van der Waals surface area contributed by atoms with Crippen LogP contribution in [0.4, 0.5) is 5.69 Å². The lowest BCUT2D eigenvalue weighted by atomic mass is 10.1. The summed E-state index contributed by atoms with van der Waals surface area (Å²) in [5, 5.41) is 0. The average molecular weight is 247 g/mol. The molecule has 18 heavy (non-hydrogen) atoms. The Morgan fingerprint density at radius 2 is 2.06 bits per heavy atom. The smallest absolute Gasteiger partial charge is 0.150 e. The lowest BCUT2D eigenvalue weighted by Gasteiger charge is -2.32. The number of nitrogens with zero attached hydrogens (tertiary/aromatic N) is 1. The van der Waals surface area contributed by atoms with Gasteiger partial charge in [-0.05, 0) is 50.5 Å². The fourth-order valence-electron chi connectivity index (χ4n) is 2.20. The molecule has 0 aliphatic heterocycles. The molecule has 0 aromatic heterocycles. The molecule has 0 spiro atoms. The highest BCUT2D eigenvalue weighted by atomic mass is 16.1. The van der Waals surface area contributed by atoms with Crippen LogP contribution in [0.25, 0.3) is 0 Å². The number of benzene rings is 1. The minimum absolute atomic E-state index is 0.539. The van der Waals surface area contributed by atoms with Crippen molar-refractivity contribution in [2.45, 2.75) is 53.0 Å². The van der Waals surface area contributed by atoms with Crippen LogP contribution in [0.1, 0.15) is 56.0 Å². The predicted molar refractivity (Wildman–Crippen MR) is 78.6 cm³/mol. The molecule has 0 aliphatic rings. The summed E-state index contributed by atoms with van der Waals surface area (Å²) < 4.78 is 0. The normalized spacial score (nSPS) is 12.2. The number of unbranched alkanes of at least 4 members (excludes halogenated alkanes) is 1. The van der Waals surface area contributed by atoms with Gasteiger partial charge in [-0.15, -0.1) is 0 Å². The van der Waals surface area contributed by atoms with E-state index in [0.717, 1.165) is 24.8 Å². The Morgan fingerprint density at radius 3 is 2.56 bits per heavy atom. The second-order valence-corrected chi connectivity index (χ2v) is 4.97. The first-order valence-corrected chi connectivity index (χ1v) is 6.96. The van der Waals surface area contributed by atoms with E-state index in [9.17, 15) is 4.79 Å². The molecule has 1 atom stereocenters. The molecule has 0 amide bonds. The lowest BCUT2D eigenvalue weighted by molar-refractivity contribution is 0.112. The first-order valence-electron chi connectivity index (χ1n) is 6.96. The molecule has 1 rings (SSSR count). The molecule has 1 unspecified atom stereocenters. The maximum absolute atomic E-state index is 10.8. The van der Waals surface area contributed by atoms with Gasteiger partial charge in [0.05, 0.1) is 0 Å². The third-order valence-electron chi connectivity index (χ3n) is 3.54. The summed E-state index contributed by atoms with van der Waals surface area (Å²) in [7, 11) is 0. The molecule has 0 aliphatic carbocycles. The summed E-state index contributed by atoms with van der Waals surface area (Å²) in [5.74, 6) is 0. The lowest BCUT2D eigenvalue weighted by Crippen LogP contribution is -2.34. The molecule has 0 saturated heterocycles. The standard InChI is InChI=1S/C16H25NO/c1-5-7-10-17(14(4)6-2)16-9-8-15(12-18)11-13(16)3/h8-9,11-12,14H,5-7,10H2,1-4H3. The number of anilines is 1. The molecular formula is C16H25NO. The van der Waals surface area contributed by atoms with Gasteiger partial charge in [-0.1, -0.05) is 20.3 Å². The van der Waals surface area contributed by atoms with Crippen LogP contribution in [0.3, 0.4) is 0 Å². The summed E-state index contributed by atoms with van der Waals surface area (Å²) in [6.07, 6.45) is 4.46. The zero-order valence-electron chi connectivity index (χ0n) is 12.1. The van der Waals surface area contributed by atoms with Gasteiger partial charge in [-0.2, -0.15) is 0 Å². The summed E-state index contributed by atoms with van der Waals surface area (Å²) in [5.41, 5.74) is 3.22. The van der Waals surface area contributed by atoms with Crippen molar-refractivity contribution < 1.29 is 4.79 Å². The van der Waals surface area contributed by atoms with Gasteiger partial charge in [-0.3, -0.25) is 4.79 Å². The van der Waals surface area contributed by atoms with Gasteiger partial charge in [0.1, 0.15) is 6.29 Å². The van der Waals surface area contributed by atoms with Crippen LogP contribution in [0.5, 0.6) is 0 Å². The Balaban J connectivity index is 3.00. The van der Waals surface area contributed by atoms with Crippen molar-refractivity contribution in [1.29, 1.82) is 0 Å². The maximum atomic E-state index is 10.8. The summed E-state index contributed by atoms with van der Waals surface area (Å²) in [4.78, 5) is 13.3. The van der Waals surface area contributed by atoms with E-state index in [1.54, 1.807) is 0 Å². The Bertz CT molecular complexity index is 387. The fourth-order valence-corrected chi connectivity index (χ4v) is 2.20. The second kappa shape index (κ2) is 7.20. The SMILES string of the molecule is CCCCN(c1ccc(C=O)cc1C)C(C)CC. The zero-order valence-corrected chi connectivity index (χ0v) is 12.1. The van der Waals surface area contributed by atoms with Crippen molar-refractivity contribution >= 4 is 12.0 Å². The van der Waals surface area contributed by atoms with E-state index in [1.165, 1.54) is 24.1 Å². The Morgan fingerprint density at radius 1 is 1.33 bits per heavy atom. The fraction of sp³-hybridized carbons (Fsp3) is 0.562. The molecule has 0 radical (unpaired) electrons. The molecule has 1 aromatic rings. The van der Waals surface area contributed by atoms with Crippen LogP contribution in [0, 0.1) is 6.92 Å². The molecule has 0 fully saturated rings. The van der Waals surface area contributed by atoms with Gasteiger partial charge in [0, 0.05) is 23.8 Å². The monoisotopic (exact) mass is 247 g/mol. The Kier molecular flexibility index (Phi) is 5.90. The van der Waals surface area contributed by atoms with E-state index in [-0.39, 0.29) is 0 Å². The van der Waals surface area contributed by atoms with E-state index >= 15 is 0 Å². The van der Waals surface area contributed by atoms with Crippen LogP contribution in [-0.4, -0.2) is 18.9 Å². The van der Waals surface area contributed by atoms with Crippen molar-refractivity contribution in [3.8, 4) is 0 Å². The third-order valence-corrected chi connectivity index (χ3v) is 3.54. The zero-order chi connectivity index (χ0) is 13.5. The third kappa shape index (κ3) is 3.59. The van der Waals surface area contributed by atoms with E-state index in [2.05, 4.69) is 38.7 Å². The number of aryl methyl sites for hydroxylation is 1. The number of hydrogen-bond donors (Lipinski definition) is 0. The van der Waals surface area contributed by atoms with Gasteiger partial charge in [-0.25, -0.2) is 0 Å². The van der Waals surface area contributed by atoms with E-state index in [0.29, 0.717) is 6.04 Å². The molecule has 0 N–H and O–H groups in total.